The van der Waals surface area contributed by atoms with Crippen LogP contribution in [0.3, 0.4) is 0 Å². The van der Waals surface area contributed by atoms with Crippen LogP contribution in [0.2, 0.25) is 0 Å². The number of hydrogen-bond donors (Lipinski definition) is 1. The van der Waals surface area contributed by atoms with Crippen molar-refractivity contribution in [1.29, 1.82) is 5.26 Å². The van der Waals surface area contributed by atoms with Crippen molar-refractivity contribution < 1.29 is 12.8 Å². The average Bonchev–Trinajstić information content (AvgIpc) is 2.92. The van der Waals surface area contributed by atoms with Crippen LogP contribution >= 0.6 is 11.3 Å². The molecule has 1 atom stereocenters. The zero-order chi connectivity index (χ0) is 14.8. The van der Waals surface area contributed by atoms with Gasteiger partial charge >= 0.3 is 0 Å². The second-order valence-corrected chi connectivity index (χ2v) is 6.81. The van der Waals surface area contributed by atoms with E-state index in [1.54, 1.807) is 13.0 Å². The number of hydrogen-bond acceptors (Lipinski definition) is 4. The van der Waals surface area contributed by atoms with Gasteiger partial charge in [0.05, 0.1) is 16.5 Å². The lowest BCUT2D eigenvalue weighted by Gasteiger charge is -2.13. The molecular formula is C13H11FN2O2S2. The Morgan fingerprint density at radius 2 is 2.15 bits per heavy atom. The van der Waals surface area contributed by atoms with Crippen molar-refractivity contribution in [3.8, 4) is 6.07 Å². The minimum atomic E-state index is -3.80. The summed E-state index contributed by atoms with van der Waals surface area (Å²) in [5.74, 6) is -0.738. The van der Waals surface area contributed by atoms with Gasteiger partial charge in [-0.2, -0.15) is 5.26 Å². The number of nitrogens with one attached hydrogen (secondary N) is 1. The van der Waals surface area contributed by atoms with Crippen LogP contribution in [0.1, 0.15) is 23.4 Å². The van der Waals surface area contributed by atoms with Crippen LogP contribution in [0.25, 0.3) is 0 Å². The molecule has 1 unspecified atom stereocenters. The largest absolute Gasteiger partial charge is 0.241 e. The molecule has 0 aliphatic carbocycles. The summed E-state index contributed by atoms with van der Waals surface area (Å²) in [6.45, 7) is 1.72. The molecule has 0 saturated heterocycles. The molecule has 0 bridgehead atoms. The zero-order valence-corrected chi connectivity index (χ0v) is 12.1. The van der Waals surface area contributed by atoms with Crippen LogP contribution < -0.4 is 4.72 Å². The molecule has 4 nitrogen and oxygen atoms in total. The number of benzene rings is 1. The Hall–Kier alpha value is -1.75. The van der Waals surface area contributed by atoms with Gasteiger partial charge in [0.15, 0.2) is 0 Å². The highest BCUT2D eigenvalue weighted by Crippen LogP contribution is 2.21. The second-order valence-electron chi connectivity index (χ2n) is 4.11. The molecule has 2 rings (SSSR count). The third kappa shape index (κ3) is 3.04. The van der Waals surface area contributed by atoms with Crippen molar-refractivity contribution in [2.45, 2.75) is 17.9 Å². The molecule has 0 radical (unpaired) electrons. The standard InChI is InChI=1S/C13H11FN2O2S2/c1-9(13-3-2-6-19-13)16-20(17,18)11-4-5-12(14)10(7-11)8-15/h2-7,9,16H,1H3. The summed E-state index contributed by atoms with van der Waals surface area (Å²) in [4.78, 5) is 0.745. The van der Waals surface area contributed by atoms with E-state index in [-0.39, 0.29) is 10.5 Å². The van der Waals surface area contributed by atoms with E-state index in [1.807, 2.05) is 17.5 Å². The predicted molar refractivity (Wildman–Crippen MR) is 74.2 cm³/mol. The number of nitrogens with zero attached hydrogens (tertiary/aromatic N) is 1. The molecule has 0 spiro atoms. The molecule has 104 valence electrons. The topological polar surface area (TPSA) is 70.0 Å². The van der Waals surface area contributed by atoms with E-state index >= 15 is 0 Å². The maximum absolute atomic E-state index is 13.2. The van der Waals surface area contributed by atoms with Gasteiger partial charge in [-0.05, 0) is 36.6 Å². The average molecular weight is 310 g/mol. The Balaban J connectivity index is 2.29. The van der Waals surface area contributed by atoms with E-state index in [0.717, 1.165) is 23.1 Å². The number of nitriles is 1. The fourth-order valence-corrected chi connectivity index (χ4v) is 3.71. The van der Waals surface area contributed by atoms with E-state index in [4.69, 9.17) is 5.26 Å². The molecule has 7 heteroatoms. The minimum absolute atomic E-state index is 0.126. The SMILES string of the molecule is CC(NS(=O)(=O)c1ccc(F)c(C#N)c1)c1cccs1. The smallest absolute Gasteiger partial charge is 0.207 e. The molecule has 1 heterocycles. The van der Waals surface area contributed by atoms with Crippen molar-refractivity contribution in [2.75, 3.05) is 0 Å². The third-order valence-corrected chi connectivity index (χ3v) is 5.26. The zero-order valence-electron chi connectivity index (χ0n) is 10.5. The summed E-state index contributed by atoms with van der Waals surface area (Å²) in [5.41, 5.74) is -0.295. The van der Waals surface area contributed by atoms with Gasteiger partial charge in [0.2, 0.25) is 10.0 Å². The lowest BCUT2D eigenvalue weighted by Crippen LogP contribution is -2.26. The van der Waals surface area contributed by atoms with Crippen molar-refractivity contribution in [2.24, 2.45) is 0 Å². The summed E-state index contributed by atoms with van der Waals surface area (Å²) < 4.78 is 40.1. The molecule has 1 aromatic carbocycles. The predicted octanol–water partition coefficient (Wildman–Crippen LogP) is 2.80. The molecule has 0 aliphatic heterocycles. The molecule has 1 N–H and O–H groups in total. The molecule has 0 aliphatic rings. The molecule has 20 heavy (non-hydrogen) atoms. The van der Waals surface area contributed by atoms with Crippen LogP contribution in [-0.4, -0.2) is 8.42 Å². The van der Waals surface area contributed by atoms with Crippen molar-refractivity contribution in [3.63, 3.8) is 0 Å². The Bertz CT molecular complexity index is 749. The van der Waals surface area contributed by atoms with E-state index in [2.05, 4.69) is 4.72 Å². The Labute approximate surface area is 120 Å². The molecule has 1 aromatic heterocycles. The van der Waals surface area contributed by atoms with Crippen LogP contribution in [-0.2, 0) is 10.0 Å². The maximum atomic E-state index is 13.2. The first kappa shape index (κ1) is 14.7. The highest BCUT2D eigenvalue weighted by atomic mass is 32.2. The van der Waals surface area contributed by atoms with Crippen molar-refractivity contribution in [3.05, 3.63) is 52.0 Å². The summed E-state index contributed by atoms with van der Waals surface area (Å²) >= 11 is 1.44. The maximum Gasteiger partial charge on any atom is 0.241 e. The van der Waals surface area contributed by atoms with Crippen LogP contribution in [0.4, 0.5) is 4.39 Å². The normalized spacial score (nSPS) is 12.8. The summed E-state index contributed by atoms with van der Waals surface area (Å²) in [7, 11) is -3.80. The van der Waals surface area contributed by atoms with Crippen LogP contribution in [0.15, 0.2) is 40.6 Å². The highest BCUT2D eigenvalue weighted by Gasteiger charge is 2.20. The van der Waals surface area contributed by atoms with E-state index in [1.165, 1.54) is 11.3 Å². The van der Waals surface area contributed by atoms with Gasteiger partial charge in [0.25, 0.3) is 0 Å². The fraction of sp³-hybridized carbons (Fsp3) is 0.154. The van der Waals surface area contributed by atoms with Gasteiger partial charge in [0, 0.05) is 4.88 Å². The second kappa shape index (κ2) is 5.71. The molecule has 0 fully saturated rings. The Morgan fingerprint density at radius 1 is 1.40 bits per heavy atom. The quantitative estimate of drug-likeness (QED) is 0.944. The van der Waals surface area contributed by atoms with Gasteiger partial charge in [-0.1, -0.05) is 6.07 Å². The number of rotatable bonds is 4. The molecule has 0 amide bonds. The fourth-order valence-electron chi connectivity index (χ4n) is 1.65. The minimum Gasteiger partial charge on any atom is -0.207 e. The third-order valence-electron chi connectivity index (χ3n) is 2.67. The van der Waals surface area contributed by atoms with Gasteiger partial charge in [-0.3, -0.25) is 0 Å². The van der Waals surface area contributed by atoms with Gasteiger partial charge < -0.3 is 0 Å². The lowest BCUT2D eigenvalue weighted by molar-refractivity contribution is 0.567. The molecular weight excluding hydrogens is 299 g/mol. The molecule has 2 aromatic rings. The first-order chi connectivity index (χ1) is 9.44. The Morgan fingerprint density at radius 3 is 2.75 bits per heavy atom. The van der Waals surface area contributed by atoms with E-state index < -0.39 is 21.9 Å². The number of sulfonamides is 1. The van der Waals surface area contributed by atoms with Crippen LogP contribution in [0.5, 0.6) is 0 Å². The number of halogens is 1. The summed E-state index contributed by atoms with van der Waals surface area (Å²) in [6.07, 6.45) is 0. The van der Waals surface area contributed by atoms with E-state index in [0.29, 0.717) is 0 Å². The lowest BCUT2D eigenvalue weighted by atomic mass is 10.2. The summed E-state index contributed by atoms with van der Waals surface area (Å²) in [6, 6.07) is 8.02. The van der Waals surface area contributed by atoms with Gasteiger partial charge in [0.1, 0.15) is 11.9 Å². The Kier molecular flexibility index (Phi) is 4.18. The monoisotopic (exact) mass is 310 g/mol. The van der Waals surface area contributed by atoms with E-state index in [9.17, 15) is 12.8 Å². The molecule has 0 saturated carbocycles. The summed E-state index contributed by atoms with van der Waals surface area (Å²) in [5, 5.41) is 10.6. The van der Waals surface area contributed by atoms with Crippen molar-refractivity contribution >= 4 is 21.4 Å². The van der Waals surface area contributed by atoms with Crippen molar-refractivity contribution in [1.82, 2.24) is 4.72 Å². The first-order valence-electron chi connectivity index (χ1n) is 5.69. The van der Waals surface area contributed by atoms with Gasteiger partial charge in [-0.15, -0.1) is 11.3 Å². The highest BCUT2D eigenvalue weighted by molar-refractivity contribution is 7.89. The number of thiophene rings is 1. The van der Waals surface area contributed by atoms with Crippen LogP contribution in [0, 0.1) is 17.1 Å². The first-order valence-corrected chi connectivity index (χ1v) is 8.05. The van der Waals surface area contributed by atoms with Gasteiger partial charge in [-0.25, -0.2) is 17.5 Å².